The van der Waals surface area contributed by atoms with Gasteiger partial charge in [-0.3, -0.25) is 9.78 Å². The second-order valence-electron chi connectivity index (χ2n) is 5.25. The Bertz CT molecular complexity index is 930. The molecule has 1 unspecified atom stereocenters. The number of halogens is 1. The number of hydrogen-bond donors (Lipinski definition) is 2. The summed E-state index contributed by atoms with van der Waals surface area (Å²) in [6.07, 6.45) is 3.67. The van der Waals surface area contributed by atoms with Gasteiger partial charge in [0.2, 0.25) is 5.91 Å². The molecule has 7 heteroatoms. The van der Waals surface area contributed by atoms with E-state index in [1.807, 2.05) is 6.07 Å². The van der Waals surface area contributed by atoms with Gasteiger partial charge in [-0.25, -0.2) is 0 Å². The Balaban J connectivity index is 1.68. The molecule has 2 heterocycles. The van der Waals surface area contributed by atoms with Gasteiger partial charge in [0.15, 0.2) is 0 Å². The fraction of sp³-hybridized carbons (Fsp3) is 0.118. The summed E-state index contributed by atoms with van der Waals surface area (Å²) in [7, 11) is 0. The third kappa shape index (κ3) is 3.54. The fourth-order valence-corrected chi connectivity index (χ4v) is 3.49. The van der Waals surface area contributed by atoms with Gasteiger partial charge < -0.3 is 11.1 Å². The van der Waals surface area contributed by atoms with Crippen LogP contribution in [-0.2, 0) is 11.2 Å². The zero-order valence-corrected chi connectivity index (χ0v) is 14.1. The number of amides is 1. The van der Waals surface area contributed by atoms with Crippen molar-refractivity contribution in [3.05, 3.63) is 58.9 Å². The van der Waals surface area contributed by atoms with E-state index in [1.165, 1.54) is 11.3 Å². The Labute approximate surface area is 147 Å². The van der Waals surface area contributed by atoms with Crippen LogP contribution in [0.1, 0.15) is 11.1 Å². The van der Waals surface area contributed by atoms with E-state index < -0.39 is 6.04 Å². The van der Waals surface area contributed by atoms with E-state index in [-0.39, 0.29) is 5.91 Å². The molecule has 0 radical (unpaired) electrons. The van der Waals surface area contributed by atoms with Crippen molar-refractivity contribution in [2.45, 2.75) is 12.5 Å². The third-order valence-electron chi connectivity index (χ3n) is 3.52. The highest BCUT2D eigenvalue weighted by atomic mass is 35.5. The van der Waals surface area contributed by atoms with Gasteiger partial charge in [0.25, 0.3) is 0 Å². The second-order valence-corrected chi connectivity index (χ2v) is 6.74. The molecule has 2 aromatic heterocycles. The highest BCUT2D eigenvalue weighted by molar-refractivity contribution is 7.23. The molecule has 24 heavy (non-hydrogen) atoms. The number of carbonyl (C=O) groups is 1. The molecule has 0 fully saturated rings. The van der Waals surface area contributed by atoms with Gasteiger partial charge in [0, 0.05) is 17.8 Å². The molecule has 1 amide bonds. The Hall–Kier alpha value is -2.46. The Morgan fingerprint density at radius 2 is 2.12 bits per heavy atom. The molecule has 0 aliphatic rings. The maximum atomic E-state index is 12.3. The summed E-state index contributed by atoms with van der Waals surface area (Å²) in [5.41, 5.74) is 7.46. The molecule has 1 aromatic carbocycles. The number of nitrogens with zero attached hydrogens (tertiary/aromatic N) is 2. The molecule has 0 saturated heterocycles. The largest absolute Gasteiger partial charge is 0.320 e. The molecule has 3 N–H and O–H groups in total. The predicted molar refractivity (Wildman–Crippen MR) is 96.1 cm³/mol. The van der Waals surface area contributed by atoms with Gasteiger partial charge >= 0.3 is 0 Å². The first-order chi connectivity index (χ1) is 11.6. The molecule has 0 saturated carbocycles. The van der Waals surface area contributed by atoms with E-state index in [2.05, 4.69) is 16.4 Å². The quantitative estimate of drug-likeness (QED) is 0.750. The number of fused-ring (bicyclic) bond motifs is 1. The molecule has 0 spiro atoms. The van der Waals surface area contributed by atoms with Crippen molar-refractivity contribution in [3.63, 3.8) is 0 Å². The monoisotopic (exact) mass is 356 g/mol. The summed E-state index contributed by atoms with van der Waals surface area (Å²) >= 11 is 7.48. The summed E-state index contributed by atoms with van der Waals surface area (Å²) in [5, 5.41) is 13.7. The molecule has 3 aromatic rings. The number of nitrogens with two attached hydrogens (primary N) is 1. The summed E-state index contributed by atoms with van der Waals surface area (Å²) in [5.74, 6) is -0.269. The van der Waals surface area contributed by atoms with Crippen molar-refractivity contribution in [3.8, 4) is 6.07 Å². The lowest BCUT2D eigenvalue weighted by Crippen LogP contribution is -2.37. The van der Waals surface area contributed by atoms with Crippen LogP contribution in [0.4, 0.5) is 5.00 Å². The van der Waals surface area contributed by atoms with Gasteiger partial charge in [-0.05, 0) is 30.2 Å². The summed E-state index contributed by atoms with van der Waals surface area (Å²) in [4.78, 5) is 16.3. The van der Waals surface area contributed by atoms with Gasteiger partial charge in [-0.2, -0.15) is 5.26 Å². The maximum absolute atomic E-state index is 12.3. The summed E-state index contributed by atoms with van der Waals surface area (Å²) < 4.78 is 0.901. The minimum absolute atomic E-state index is 0.269. The molecule has 0 aliphatic heterocycles. The average Bonchev–Trinajstić information content (AvgIpc) is 2.99. The smallest absolute Gasteiger partial charge is 0.242 e. The second kappa shape index (κ2) is 6.97. The van der Waals surface area contributed by atoms with E-state index in [4.69, 9.17) is 22.6 Å². The van der Waals surface area contributed by atoms with E-state index in [1.54, 1.807) is 36.7 Å². The topological polar surface area (TPSA) is 91.8 Å². The standard InChI is InChI=1S/C17H13ClN4OS/c18-13-8-21-9-15-12(13)6-16(24-15)22-17(23)14(20)5-10-1-3-11(7-19)4-2-10/h1-4,6,8-9,14H,5,20H2,(H,22,23). The normalized spacial score (nSPS) is 11.9. The van der Waals surface area contributed by atoms with E-state index in [0.717, 1.165) is 15.6 Å². The van der Waals surface area contributed by atoms with Crippen molar-refractivity contribution in [2.24, 2.45) is 5.73 Å². The fourth-order valence-electron chi connectivity index (χ4n) is 2.27. The van der Waals surface area contributed by atoms with Crippen molar-refractivity contribution < 1.29 is 4.79 Å². The van der Waals surface area contributed by atoms with Crippen molar-refractivity contribution in [1.29, 1.82) is 5.26 Å². The van der Waals surface area contributed by atoms with Crippen LogP contribution in [0.2, 0.25) is 5.02 Å². The predicted octanol–water partition coefficient (Wildman–Crippen LogP) is 3.33. The Kier molecular flexibility index (Phi) is 4.76. The van der Waals surface area contributed by atoms with Crippen LogP contribution in [0, 0.1) is 11.3 Å². The zero-order chi connectivity index (χ0) is 17.1. The Morgan fingerprint density at radius 3 is 2.79 bits per heavy atom. The number of benzene rings is 1. The minimum Gasteiger partial charge on any atom is -0.320 e. The van der Waals surface area contributed by atoms with Gasteiger partial charge in [-0.15, -0.1) is 11.3 Å². The van der Waals surface area contributed by atoms with Crippen LogP contribution < -0.4 is 11.1 Å². The number of thiophene rings is 1. The SMILES string of the molecule is N#Cc1ccc(CC(N)C(=O)Nc2cc3c(Cl)cncc3s2)cc1. The van der Waals surface area contributed by atoms with E-state index in [0.29, 0.717) is 22.0 Å². The van der Waals surface area contributed by atoms with Crippen molar-refractivity contribution in [2.75, 3.05) is 5.32 Å². The lowest BCUT2D eigenvalue weighted by molar-refractivity contribution is -0.117. The van der Waals surface area contributed by atoms with E-state index >= 15 is 0 Å². The van der Waals surface area contributed by atoms with Crippen LogP contribution in [0.3, 0.4) is 0 Å². The van der Waals surface area contributed by atoms with Crippen LogP contribution >= 0.6 is 22.9 Å². The number of aromatic nitrogens is 1. The molecular formula is C17H13ClN4OS. The number of nitrogens with one attached hydrogen (secondary N) is 1. The van der Waals surface area contributed by atoms with Crippen molar-refractivity contribution in [1.82, 2.24) is 4.98 Å². The number of rotatable bonds is 4. The number of carbonyl (C=O) groups excluding carboxylic acids is 1. The first-order valence-electron chi connectivity index (χ1n) is 7.15. The average molecular weight is 357 g/mol. The van der Waals surface area contributed by atoms with Crippen LogP contribution in [0.25, 0.3) is 10.1 Å². The minimum atomic E-state index is -0.684. The molecule has 0 aliphatic carbocycles. The molecule has 3 rings (SSSR count). The lowest BCUT2D eigenvalue weighted by atomic mass is 10.0. The number of anilines is 1. The number of pyridine rings is 1. The first kappa shape index (κ1) is 16.4. The highest BCUT2D eigenvalue weighted by Crippen LogP contribution is 2.33. The lowest BCUT2D eigenvalue weighted by Gasteiger charge is -2.11. The number of nitriles is 1. The Morgan fingerprint density at radius 1 is 1.38 bits per heavy atom. The van der Waals surface area contributed by atoms with E-state index in [9.17, 15) is 4.79 Å². The number of hydrogen-bond acceptors (Lipinski definition) is 5. The van der Waals surface area contributed by atoms with Gasteiger partial charge in [0.1, 0.15) is 0 Å². The molecule has 5 nitrogen and oxygen atoms in total. The van der Waals surface area contributed by atoms with Gasteiger partial charge in [-0.1, -0.05) is 23.7 Å². The first-order valence-corrected chi connectivity index (χ1v) is 8.35. The van der Waals surface area contributed by atoms with Crippen molar-refractivity contribution >= 4 is 43.9 Å². The third-order valence-corrected chi connectivity index (χ3v) is 4.81. The van der Waals surface area contributed by atoms with Gasteiger partial charge in [0.05, 0.1) is 32.4 Å². The highest BCUT2D eigenvalue weighted by Gasteiger charge is 2.16. The maximum Gasteiger partial charge on any atom is 0.242 e. The molecule has 0 bridgehead atoms. The van der Waals surface area contributed by atoms with Crippen LogP contribution in [-0.4, -0.2) is 16.9 Å². The molecule has 1 atom stereocenters. The molecular weight excluding hydrogens is 344 g/mol. The zero-order valence-electron chi connectivity index (χ0n) is 12.5. The summed E-state index contributed by atoms with van der Waals surface area (Å²) in [6, 6.07) is 10.2. The van der Waals surface area contributed by atoms with Crippen LogP contribution in [0.5, 0.6) is 0 Å². The molecule has 120 valence electrons. The van der Waals surface area contributed by atoms with Crippen LogP contribution in [0.15, 0.2) is 42.7 Å². The summed E-state index contributed by atoms with van der Waals surface area (Å²) in [6.45, 7) is 0.